The zero-order valence-electron chi connectivity index (χ0n) is 11.0. The highest BCUT2D eigenvalue weighted by Gasteiger charge is 2.13. The number of hydrogen-bond acceptors (Lipinski definition) is 3. The first-order valence-electron chi connectivity index (χ1n) is 6.17. The van der Waals surface area contributed by atoms with Gasteiger partial charge in [0.2, 0.25) is 5.91 Å². The van der Waals surface area contributed by atoms with E-state index in [2.05, 4.69) is 0 Å². The Hall–Kier alpha value is -2.51. The van der Waals surface area contributed by atoms with Gasteiger partial charge in [-0.25, -0.2) is 13.6 Å². The van der Waals surface area contributed by atoms with Crippen molar-refractivity contribution in [1.82, 2.24) is 5.32 Å². The van der Waals surface area contributed by atoms with Gasteiger partial charge in [-0.15, -0.1) is 0 Å². The van der Waals surface area contributed by atoms with Crippen LogP contribution in [0.2, 0.25) is 0 Å². The number of benzene rings is 1. The maximum atomic E-state index is 13.2. The first kappa shape index (κ1) is 16.5. The summed E-state index contributed by atoms with van der Waals surface area (Å²) in [7, 11) is 0. The molecule has 0 aliphatic heterocycles. The summed E-state index contributed by atoms with van der Waals surface area (Å²) in [6.07, 6.45) is 0.464. The van der Waals surface area contributed by atoms with Crippen LogP contribution in [0.4, 0.5) is 19.3 Å². The average Bonchev–Trinajstić information content (AvgIpc) is 2.39. The van der Waals surface area contributed by atoms with Gasteiger partial charge in [0, 0.05) is 12.8 Å². The van der Waals surface area contributed by atoms with Crippen molar-refractivity contribution in [3.8, 4) is 0 Å². The van der Waals surface area contributed by atoms with Gasteiger partial charge in [0.05, 0.1) is 0 Å². The molecule has 1 rings (SSSR count). The Balaban J connectivity index is 2.40. The molecule has 1 aromatic rings. The van der Waals surface area contributed by atoms with Crippen LogP contribution in [-0.4, -0.2) is 23.0 Å². The summed E-state index contributed by atoms with van der Waals surface area (Å²) in [5.41, 5.74) is -0.645. The van der Waals surface area contributed by atoms with Gasteiger partial charge in [-0.05, 0) is 25.0 Å². The maximum Gasteiger partial charge on any atom is 0.326 e. The highest BCUT2D eigenvalue weighted by molar-refractivity contribution is 6.01. The summed E-state index contributed by atoms with van der Waals surface area (Å²) in [5.74, 6) is -3.55. The Labute approximate surface area is 119 Å². The monoisotopic (exact) mass is 300 g/mol. The van der Waals surface area contributed by atoms with Crippen LogP contribution >= 0.6 is 0 Å². The van der Waals surface area contributed by atoms with Gasteiger partial charge < -0.3 is 10.4 Å². The fraction of sp³-hybridized carbons (Fsp3) is 0.308. The Bertz CT molecular complexity index is 529. The third-order valence-corrected chi connectivity index (χ3v) is 2.50. The zero-order chi connectivity index (χ0) is 15.8. The fourth-order valence-electron chi connectivity index (χ4n) is 1.51. The number of unbranched alkanes of at least 4 members (excludes halogenated alkanes) is 1. The topological polar surface area (TPSA) is 95.5 Å². The molecule has 0 spiro atoms. The molecule has 1 aromatic carbocycles. The smallest absolute Gasteiger partial charge is 0.326 e. The molecular formula is C13H14F2N2O4. The molecule has 0 fully saturated rings. The minimum Gasteiger partial charge on any atom is -0.481 e. The van der Waals surface area contributed by atoms with Gasteiger partial charge in [-0.1, -0.05) is 6.07 Å². The first-order valence-corrected chi connectivity index (χ1v) is 6.17. The lowest BCUT2D eigenvalue weighted by molar-refractivity contribution is -0.137. The van der Waals surface area contributed by atoms with Crippen LogP contribution in [0.3, 0.4) is 0 Å². The summed E-state index contributed by atoms with van der Waals surface area (Å²) < 4.78 is 26.5. The number of carbonyl (C=O) groups is 3. The third kappa shape index (κ3) is 5.98. The van der Waals surface area contributed by atoms with Gasteiger partial charge >= 0.3 is 12.0 Å². The largest absolute Gasteiger partial charge is 0.481 e. The number of nitrogens with one attached hydrogen (secondary N) is 2. The lowest BCUT2D eigenvalue weighted by Gasteiger charge is -2.08. The number of carboxylic acid groups (broad SMARTS) is 1. The Morgan fingerprint density at radius 1 is 1.05 bits per heavy atom. The summed E-state index contributed by atoms with van der Waals surface area (Å²) in [4.78, 5) is 33.0. The Morgan fingerprint density at radius 2 is 1.62 bits per heavy atom. The van der Waals surface area contributed by atoms with Crippen molar-refractivity contribution >= 4 is 23.6 Å². The van der Waals surface area contributed by atoms with E-state index < -0.39 is 35.2 Å². The minimum absolute atomic E-state index is 0.0551. The zero-order valence-corrected chi connectivity index (χ0v) is 11.0. The molecule has 114 valence electrons. The quantitative estimate of drug-likeness (QED) is 0.702. The minimum atomic E-state index is -1.05. The van der Waals surface area contributed by atoms with E-state index in [4.69, 9.17) is 5.11 Å². The lowest BCUT2D eigenvalue weighted by atomic mass is 10.2. The van der Waals surface area contributed by atoms with Gasteiger partial charge in [0.25, 0.3) is 0 Å². The number of aliphatic carboxylic acids is 1. The molecule has 0 aromatic heterocycles. The first-order chi connectivity index (χ1) is 9.90. The SMILES string of the molecule is O=C(O)CCCCC(=O)NC(=O)Nc1c(F)cccc1F. The number of amides is 3. The molecule has 0 unspecified atom stereocenters. The van der Waals surface area contributed by atoms with E-state index in [1.165, 1.54) is 0 Å². The molecule has 0 bridgehead atoms. The molecule has 0 atom stereocenters. The number of halogens is 2. The summed E-state index contributed by atoms with van der Waals surface area (Å²) in [5, 5.41) is 12.2. The summed E-state index contributed by atoms with van der Waals surface area (Å²) in [6.45, 7) is 0. The molecule has 3 N–H and O–H groups in total. The molecule has 6 nitrogen and oxygen atoms in total. The Kier molecular flexibility index (Phi) is 6.25. The number of imide groups is 1. The van der Waals surface area contributed by atoms with Crippen molar-refractivity contribution in [3.63, 3.8) is 0 Å². The van der Waals surface area contributed by atoms with Crippen molar-refractivity contribution in [2.45, 2.75) is 25.7 Å². The molecule has 8 heteroatoms. The van der Waals surface area contributed by atoms with Gasteiger partial charge in [0.15, 0.2) is 0 Å². The molecule has 0 aliphatic rings. The second kappa shape index (κ2) is 7.93. The molecule has 0 radical (unpaired) electrons. The molecule has 0 heterocycles. The predicted molar refractivity (Wildman–Crippen MR) is 69.6 cm³/mol. The van der Waals surface area contributed by atoms with E-state index in [1.54, 1.807) is 0 Å². The lowest BCUT2D eigenvalue weighted by Crippen LogP contribution is -2.34. The number of anilines is 1. The van der Waals surface area contributed by atoms with Crippen LogP contribution in [0.5, 0.6) is 0 Å². The third-order valence-electron chi connectivity index (χ3n) is 2.50. The number of hydrogen-bond donors (Lipinski definition) is 3. The van der Waals surface area contributed by atoms with Crippen LogP contribution < -0.4 is 10.6 Å². The second-order valence-corrected chi connectivity index (χ2v) is 4.20. The van der Waals surface area contributed by atoms with E-state index in [-0.39, 0.29) is 12.8 Å². The number of rotatable bonds is 6. The molecule has 0 saturated carbocycles. The number of carboxylic acids is 1. The highest BCUT2D eigenvalue weighted by atomic mass is 19.1. The summed E-state index contributed by atoms with van der Waals surface area (Å²) >= 11 is 0. The molecule has 0 aliphatic carbocycles. The maximum absolute atomic E-state index is 13.2. The molecule has 3 amide bonds. The average molecular weight is 300 g/mol. The van der Waals surface area contributed by atoms with Crippen molar-refractivity contribution in [3.05, 3.63) is 29.8 Å². The van der Waals surface area contributed by atoms with E-state index in [1.807, 2.05) is 10.6 Å². The van der Waals surface area contributed by atoms with Crippen LogP contribution in [-0.2, 0) is 9.59 Å². The van der Waals surface area contributed by atoms with Crippen molar-refractivity contribution < 1.29 is 28.3 Å². The predicted octanol–water partition coefficient (Wildman–Crippen LogP) is 2.26. The van der Waals surface area contributed by atoms with Gasteiger partial charge in [0.1, 0.15) is 17.3 Å². The standard InChI is InChI=1S/C13H14F2N2O4/c14-8-4-3-5-9(15)12(8)17-13(21)16-10(18)6-1-2-7-11(19)20/h3-5H,1-2,6-7H2,(H,19,20)(H2,16,17,18,21). The number of para-hydroxylation sites is 1. The van der Waals surface area contributed by atoms with Crippen molar-refractivity contribution in [2.24, 2.45) is 0 Å². The van der Waals surface area contributed by atoms with Crippen LogP contribution in [0.25, 0.3) is 0 Å². The number of carbonyl (C=O) groups excluding carboxylic acids is 2. The van der Waals surface area contributed by atoms with Crippen LogP contribution in [0.15, 0.2) is 18.2 Å². The van der Waals surface area contributed by atoms with E-state index in [0.29, 0.717) is 12.8 Å². The second-order valence-electron chi connectivity index (χ2n) is 4.20. The van der Waals surface area contributed by atoms with Crippen LogP contribution in [0, 0.1) is 11.6 Å². The van der Waals surface area contributed by atoms with Crippen molar-refractivity contribution in [2.75, 3.05) is 5.32 Å². The highest BCUT2D eigenvalue weighted by Crippen LogP contribution is 2.17. The fourth-order valence-corrected chi connectivity index (χ4v) is 1.51. The normalized spacial score (nSPS) is 10.0. The molecular weight excluding hydrogens is 286 g/mol. The van der Waals surface area contributed by atoms with E-state index in [9.17, 15) is 23.2 Å². The van der Waals surface area contributed by atoms with Crippen molar-refractivity contribution in [1.29, 1.82) is 0 Å². The van der Waals surface area contributed by atoms with E-state index in [0.717, 1.165) is 18.2 Å². The Morgan fingerprint density at radius 3 is 2.19 bits per heavy atom. The number of urea groups is 1. The summed E-state index contributed by atoms with van der Waals surface area (Å²) in [6, 6.07) is 2.02. The van der Waals surface area contributed by atoms with E-state index >= 15 is 0 Å². The van der Waals surface area contributed by atoms with Crippen LogP contribution in [0.1, 0.15) is 25.7 Å². The van der Waals surface area contributed by atoms with Gasteiger partial charge in [-0.2, -0.15) is 0 Å². The molecule has 21 heavy (non-hydrogen) atoms. The van der Waals surface area contributed by atoms with Gasteiger partial charge in [-0.3, -0.25) is 14.9 Å². The molecule has 0 saturated heterocycles.